The molecule has 0 fully saturated rings. The van der Waals surface area contributed by atoms with Gasteiger partial charge in [0.2, 0.25) is 5.75 Å². The number of rotatable bonds is 7. The Labute approximate surface area is 179 Å². The molecule has 3 rings (SSSR count). The number of aryl methyl sites for hydroxylation is 1. The fraction of sp³-hybridized carbons (Fsp3) is 0.217. The smallest absolute Gasteiger partial charge is 0.203 e. The van der Waals surface area contributed by atoms with Crippen molar-refractivity contribution in [1.82, 2.24) is 4.98 Å². The Kier molecular flexibility index (Phi) is 6.60. The molecule has 0 saturated heterocycles. The van der Waals surface area contributed by atoms with Crippen LogP contribution in [0.1, 0.15) is 16.1 Å². The van der Waals surface area contributed by atoms with Gasteiger partial charge in [-0.25, -0.2) is 4.98 Å². The van der Waals surface area contributed by atoms with Crippen molar-refractivity contribution in [2.24, 2.45) is 0 Å². The molecule has 154 valence electrons. The molecular weight excluding hydrogens is 400 g/mol. The Balaban J connectivity index is 2.00. The van der Waals surface area contributed by atoms with Gasteiger partial charge in [0.1, 0.15) is 16.8 Å². The van der Waals surface area contributed by atoms with E-state index >= 15 is 0 Å². The second kappa shape index (κ2) is 9.33. The van der Waals surface area contributed by atoms with Crippen molar-refractivity contribution in [3.63, 3.8) is 0 Å². The van der Waals surface area contributed by atoms with Crippen molar-refractivity contribution >= 4 is 23.0 Å². The lowest BCUT2D eigenvalue weighted by Crippen LogP contribution is -1.95. The summed E-state index contributed by atoms with van der Waals surface area (Å²) < 4.78 is 21.5. The van der Waals surface area contributed by atoms with Crippen LogP contribution in [0.2, 0.25) is 0 Å². The second-order valence-electron chi connectivity index (χ2n) is 6.35. The summed E-state index contributed by atoms with van der Waals surface area (Å²) in [4.78, 5) is 4.66. The lowest BCUT2D eigenvalue weighted by atomic mass is 10.1. The minimum Gasteiger partial charge on any atom is -0.496 e. The lowest BCUT2D eigenvalue weighted by Gasteiger charge is -2.13. The summed E-state index contributed by atoms with van der Waals surface area (Å²) in [6.45, 7) is 1.99. The van der Waals surface area contributed by atoms with Gasteiger partial charge >= 0.3 is 0 Å². The van der Waals surface area contributed by atoms with Gasteiger partial charge in [-0.2, -0.15) is 5.26 Å². The van der Waals surface area contributed by atoms with Crippen LogP contribution in [-0.2, 0) is 0 Å². The summed E-state index contributed by atoms with van der Waals surface area (Å²) in [6.07, 6.45) is 1.75. The highest BCUT2D eigenvalue weighted by Crippen LogP contribution is 2.39. The number of aromatic nitrogens is 1. The normalized spacial score (nSPS) is 11.0. The number of ether oxygens (including phenoxy) is 4. The predicted molar refractivity (Wildman–Crippen MR) is 118 cm³/mol. The standard InChI is InChI=1S/C23H22N2O4S/c1-14-6-7-16(11-19(14)26-2)18-13-30-23(25-18)17(12-24)8-15-9-20(27-3)22(29-5)21(10-15)28-4/h6-11,13H,1-5H3. The van der Waals surface area contributed by atoms with Crippen molar-refractivity contribution in [2.75, 3.05) is 28.4 Å². The van der Waals surface area contributed by atoms with E-state index in [9.17, 15) is 5.26 Å². The van der Waals surface area contributed by atoms with E-state index in [0.717, 1.165) is 28.1 Å². The van der Waals surface area contributed by atoms with E-state index in [4.69, 9.17) is 18.9 Å². The van der Waals surface area contributed by atoms with Crippen molar-refractivity contribution in [2.45, 2.75) is 6.92 Å². The first-order valence-corrected chi connectivity index (χ1v) is 9.95. The second-order valence-corrected chi connectivity index (χ2v) is 7.21. The van der Waals surface area contributed by atoms with Crippen LogP contribution in [0.15, 0.2) is 35.7 Å². The molecule has 0 atom stereocenters. The van der Waals surface area contributed by atoms with Crippen molar-refractivity contribution in [3.8, 4) is 40.3 Å². The van der Waals surface area contributed by atoms with E-state index in [1.807, 2.05) is 30.5 Å². The SMILES string of the molecule is COc1cc(-c2csc(C(C#N)=Cc3cc(OC)c(OC)c(OC)c3)n2)ccc1C. The highest BCUT2D eigenvalue weighted by atomic mass is 32.1. The monoisotopic (exact) mass is 422 g/mol. The highest BCUT2D eigenvalue weighted by molar-refractivity contribution is 7.11. The van der Waals surface area contributed by atoms with Crippen LogP contribution in [0.3, 0.4) is 0 Å². The Hall–Kier alpha value is -3.50. The molecule has 7 heteroatoms. The van der Waals surface area contributed by atoms with E-state index in [0.29, 0.717) is 27.8 Å². The number of thiazole rings is 1. The molecule has 0 aliphatic heterocycles. The maximum Gasteiger partial charge on any atom is 0.203 e. The third-order valence-corrected chi connectivity index (χ3v) is 5.43. The van der Waals surface area contributed by atoms with Crippen molar-refractivity contribution < 1.29 is 18.9 Å². The quantitative estimate of drug-likeness (QED) is 0.486. The first kappa shape index (κ1) is 21.2. The summed E-state index contributed by atoms with van der Waals surface area (Å²) in [6, 6.07) is 11.7. The number of benzene rings is 2. The number of allylic oxidation sites excluding steroid dienone is 1. The third-order valence-electron chi connectivity index (χ3n) is 4.56. The molecule has 0 saturated carbocycles. The van der Waals surface area contributed by atoms with Gasteiger partial charge in [0, 0.05) is 10.9 Å². The lowest BCUT2D eigenvalue weighted by molar-refractivity contribution is 0.324. The van der Waals surface area contributed by atoms with Crippen LogP contribution >= 0.6 is 11.3 Å². The number of hydrogen-bond acceptors (Lipinski definition) is 7. The molecule has 6 nitrogen and oxygen atoms in total. The molecule has 1 aromatic heterocycles. The van der Waals surface area contributed by atoms with Gasteiger partial charge < -0.3 is 18.9 Å². The molecule has 0 aliphatic rings. The summed E-state index contributed by atoms with van der Waals surface area (Å²) in [5.74, 6) is 2.34. The zero-order valence-corrected chi connectivity index (χ0v) is 18.3. The number of hydrogen-bond donors (Lipinski definition) is 0. The van der Waals surface area contributed by atoms with Crippen molar-refractivity contribution in [1.29, 1.82) is 5.26 Å². The van der Waals surface area contributed by atoms with Crippen LogP contribution < -0.4 is 18.9 Å². The summed E-state index contributed by atoms with van der Waals surface area (Å²) in [7, 11) is 6.30. The topological polar surface area (TPSA) is 73.6 Å². The molecule has 1 heterocycles. The van der Waals surface area contributed by atoms with Gasteiger partial charge in [-0.15, -0.1) is 11.3 Å². The molecule has 3 aromatic rings. The molecule has 30 heavy (non-hydrogen) atoms. The molecule has 0 unspecified atom stereocenters. The molecule has 0 amide bonds. The summed E-state index contributed by atoms with van der Waals surface area (Å²) in [5, 5.41) is 12.3. The molecule has 0 radical (unpaired) electrons. The molecule has 0 spiro atoms. The first-order valence-electron chi connectivity index (χ1n) is 9.07. The van der Waals surface area contributed by atoms with E-state index in [1.165, 1.54) is 11.3 Å². The Bertz CT molecular complexity index is 1100. The van der Waals surface area contributed by atoms with Gasteiger partial charge in [-0.1, -0.05) is 12.1 Å². The summed E-state index contributed by atoms with van der Waals surface area (Å²) >= 11 is 1.41. The number of methoxy groups -OCH3 is 4. The zero-order valence-electron chi connectivity index (χ0n) is 17.5. The minimum atomic E-state index is 0.444. The average molecular weight is 423 g/mol. The third kappa shape index (κ3) is 4.24. The molecule has 0 N–H and O–H groups in total. The molecular formula is C23H22N2O4S. The molecule has 2 aromatic carbocycles. The Morgan fingerprint density at radius 3 is 2.20 bits per heavy atom. The fourth-order valence-electron chi connectivity index (χ4n) is 3.00. The average Bonchev–Trinajstić information content (AvgIpc) is 3.26. The van der Waals surface area contributed by atoms with E-state index in [1.54, 1.807) is 46.6 Å². The number of nitrogens with zero attached hydrogens (tertiary/aromatic N) is 2. The van der Waals surface area contributed by atoms with Crippen LogP contribution in [0.5, 0.6) is 23.0 Å². The Morgan fingerprint density at radius 1 is 0.967 bits per heavy atom. The van der Waals surface area contributed by atoms with E-state index in [2.05, 4.69) is 11.1 Å². The van der Waals surface area contributed by atoms with Gasteiger partial charge in [0.25, 0.3) is 0 Å². The predicted octanol–water partition coefficient (Wildman–Crippen LogP) is 5.22. The summed E-state index contributed by atoms with van der Waals surface area (Å²) in [5.41, 5.74) is 3.97. The maximum absolute atomic E-state index is 9.73. The van der Waals surface area contributed by atoms with Gasteiger partial charge in [-0.3, -0.25) is 0 Å². The highest BCUT2D eigenvalue weighted by Gasteiger charge is 2.15. The van der Waals surface area contributed by atoms with Gasteiger partial charge in [0.15, 0.2) is 11.5 Å². The van der Waals surface area contributed by atoms with Gasteiger partial charge in [-0.05, 0) is 42.3 Å². The van der Waals surface area contributed by atoms with Crippen LogP contribution in [0.25, 0.3) is 22.9 Å². The first-order chi connectivity index (χ1) is 14.5. The number of nitriles is 1. The minimum absolute atomic E-state index is 0.444. The van der Waals surface area contributed by atoms with Crippen LogP contribution in [-0.4, -0.2) is 33.4 Å². The maximum atomic E-state index is 9.73. The van der Waals surface area contributed by atoms with Gasteiger partial charge in [0.05, 0.1) is 39.7 Å². The van der Waals surface area contributed by atoms with E-state index < -0.39 is 0 Å². The Morgan fingerprint density at radius 2 is 1.63 bits per heavy atom. The van der Waals surface area contributed by atoms with Crippen LogP contribution in [0.4, 0.5) is 0 Å². The zero-order chi connectivity index (χ0) is 21.7. The van der Waals surface area contributed by atoms with Crippen LogP contribution in [0, 0.1) is 18.3 Å². The molecule has 0 bridgehead atoms. The van der Waals surface area contributed by atoms with E-state index in [-0.39, 0.29) is 0 Å². The molecule has 0 aliphatic carbocycles. The van der Waals surface area contributed by atoms with Crippen molar-refractivity contribution in [3.05, 3.63) is 51.8 Å². The fourth-order valence-corrected chi connectivity index (χ4v) is 3.80. The largest absolute Gasteiger partial charge is 0.496 e.